The third-order valence-corrected chi connectivity index (χ3v) is 1.60. The lowest BCUT2D eigenvalue weighted by molar-refractivity contribution is 0.565. The molecular formula is C8H8N2O. The Balaban J connectivity index is 3.26. The maximum atomic E-state index is 9.91. The maximum absolute atomic E-state index is 9.91. The van der Waals surface area contributed by atoms with Gasteiger partial charge in [0.05, 0.1) is 0 Å². The highest BCUT2D eigenvalue weighted by Crippen LogP contribution is 2.16. The van der Waals surface area contributed by atoms with Crippen LogP contribution >= 0.6 is 0 Å². The Morgan fingerprint density at radius 2 is 2.27 bits per heavy atom. The fourth-order valence-corrected chi connectivity index (χ4v) is 0.774. The largest absolute Gasteiger partial charge is 0.242 e. The summed E-state index contributed by atoms with van der Waals surface area (Å²) in [5, 5.41) is 0. The third kappa shape index (κ3) is 1.51. The monoisotopic (exact) mass is 148 g/mol. The first-order valence-electron chi connectivity index (χ1n) is 3.26. The predicted molar refractivity (Wildman–Crippen MR) is 41.5 cm³/mol. The van der Waals surface area contributed by atoms with Crippen LogP contribution in [-0.2, 0) is 4.79 Å². The summed E-state index contributed by atoms with van der Waals surface area (Å²) in [6.07, 6.45) is 3.09. The van der Waals surface area contributed by atoms with E-state index in [9.17, 15) is 4.79 Å². The Kier molecular flexibility index (Phi) is 2.14. The summed E-state index contributed by atoms with van der Waals surface area (Å²) in [4.78, 5) is 17.3. The number of aryl methyl sites for hydroxylation is 1. The maximum Gasteiger partial charge on any atom is 0.242 e. The number of rotatable bonds is 1. The Labute approximate surface area is 64.8 Å². The minimum absolute atomic E-state index is 0.458. The van der Waals surface area contributed by atoms with Crippen molar-refractivity contribution in [3.63, 3.8) is 0 Å². The molecule has 0 atom stereocenters. The number of hydrogen-bond acceptors (Lipinski definition) is 3. The molecule has 0 unspecified atom stereocenters. The van der Waals surface area contributed by atoms with Crippen molar-refractivity contribution in [2.45, 2.75) is 13.8 Å². The average molecular weight is 148 g/mol. The molecule has 0 aromatic carbocycles. The normalized spacial score (nSPS) is 8.91. The average Bonchev–Trinajstić information content (AvgIpc) is 1.99. The molecule has 0 aliphatic rings. The lowest BCUT2D eigenvalue weighted by Gasteiger charge is -1.98. The van der Waals surface area contributed by atoms with Crippen LogP contribution in [0.5, 0.6) is 0 Å². The van der Waals surface area contributed by atoms with Gasteiger partial charge in [-0.25, -0.2) is 9.78 Å². The van der Waals surface area contributed by atoms with Crippen molar-refractivity contribution in [1.82, 2.24) is 4.98 Å². The molecule has 0 saturated carbocycles. The minimum atomic E-state index is 0.458. The van der Waals surface area contributed by atoms with Crippen LogP contribution < -0.4 is 0 Å². The van der Waals surface area contributed by atoms with Crippen LogP contribution in [0.3, 0.4) is 0 Å². The third-order valence-electron chi connectivity index (χ3n) is 1.60. The van der Waals surface area contributed by atoms with Gasteiger partial charge < -0.3 is 0 Å². The summed E-state index contributed by atoms with van der Waals surface area (Å²) in [5.74, 6) is 0.458. The van der Waals surface area contributed by atoms with Gasteiger partial charge in [-0.15, -0.1) is 4.99 Å². The van der Waals surface area contributed by atoms with Crippen LogP contribution in [-0.4, -0.2) is 11.1 Å². The van der Waals surface area contributed by atoms with Gasteiger partial charge in [0.1, 0.15) is 0 Å². The van der Waals surface area contributed by atoms with Gasteiger partial charge in [-0.05, 0) is 31.0 Å². The molecule has 1 aromatic rings. The van der Waals surface area contributed by atoms with E-state index in [-0.39, 0.29) is 0 Å². The van der Waals surface area contributed by atoms with Gasteiger partial charge in [0, 0.05) is 6.20 Å². The van der Waals surface area contributed by atoms with E-state index in [0.29, 0.717) is 5.82 Å². The van der Waals surface area contributed by atoms with Crippen LogP contribution in [0.25, 0.3) is 0 Å². The molecule has 0 bridgehead atoms. The van der Waals surface area contributed by atoms with Crippen molar-refractivity contribution in [3.05, 3.63) is 23.4 Å². The number of nitrogens with zero attached hydrogens (tertiary/aromatic N) is 2. The highest BCUT2D eigenvalue weighted by molar-refractivity contribution is 5.50. The molecule has 0 fully saturated rings. The Morgan fingerprint density at radius 3 is 2.91 bits per heavy atom. The Morgan fingerprint density at radius 1 is 1.55 bits per heavy atom. The van der Waals surface area contributed by atoms with E-state index in [2.05, 4.69) is 9.98 Å². The SMILES string of the molecule is Cc1ccnc(N=C=O)c1C. The van der Waals surface area contributed by atoms with E-state index in [1.807, 2.05) is 19.9 Å². The van der Waals surface area contributed by atoms with E-state index in [1.165, 1.54) is 6.08 Å². The molecule has 1 heterocycles. The molecule has 3 nitrogen and oxygen atoms in total. The van der Waals surface area contributed by atoms with E-state index in [4.69, 9.17) is 0 Å². The van der Waals surface area contributed by atoms with Crippen molar-refractivity contribution in [2.75, 3.05) is 0 Å². The van der Waals surface area contributed by atoms with E-state index < -0.39 is 0 Å². The molecule has 0 radical (unpaired) electrons. The Hall–Kier alpha value is -1.47. The van der Waals surface area contributed by atoms with Crippen LogP contribution in [0.2, 0.25) is 0 Å². The second-order valence-electron chi connectivity index (χ2n) is 2.28. The highest BCUT2D eigenvalue weighted by atomic mass is 16.1. The number of carbonyl (C=O) groups excluding carboxylic acids is 1. The number of pyridine rings is 1. The molecular weight excluding hydrogens is 140 g/mol. The topological polar surface area (TPSA) is 42.3 Å². The molecule has 0 aliphatic carbocycles. The van der Waals surface area contributed by atoms with Crippen LogP contribution in [0.1, 0.15) is 11.1 Å². The molecule has 11 heavy (non-hydrogen) atoms. The molecule has 1 rings (SSSR count). The number of aromatic nitrogens is 1. The smallest absolute Gasteiger partial charge is 0.236 e. The van der Waals surface area contributed by atoms with Crippen LogP contribution in [0.15, 0.2) is 17.3 Å². The van der Waals surface area contributed by atoms with Gasteiger partial charge in [0.25, 0.3) is 0 Å². The minimum Gasteiger partial charge on any atom is -0.236 e. The second-order valence-corrected chi connectivity index (χ2v) is 2.28. The predicted octanol–water partition coefficient (Wildman–Crippen LogP) is 1.67. The summed E-state index contributed by atoms with van der Waals surface area (Å²) in [6.45, 7) is 3.82. The summed E-state index contributed by atoms with van der Waals surface area (Å²) >= 11 is 0. The fourth-order valence-electron chi connectivity index (χ4n) is 0.774. The van der Waals surface area contributed by atoms with Crippen LogP contribution in [0.4, 0.5) is 5.82 Å². The lowest BCUT2D eigenvalue weighted by Crippen LogP contribution is -1.83. The fraction of sp³-hybridized carbons (Fsp3) is 0.250. The summed E-state index contributed by atoms with van der Waals surface area (Å²) < 4.78 is 0. The number of aliphatic imine (C=N–C) groups is 1. The summed E-state index contributed by atoms with van der Waals surface area (Å²) in [5.41, 5.74) is 2.00. The van der Waals surface area contributed by atoms with Crippen molar-refractivity contribution in [1.29, 1.82) is 0 Å². The summed E-state index contributed by atoms with van der Waals surface area (Å²) in [7, 11) is 0. The highest BCUT2D eigenvalue weighted by Gasteiger charge is 1.98. The molecule has 56 valence electrons. The molecule has 0 saturated heterocycles. The molecule has 0 spiro atoms. The van der Waals surface area contributed by atoms with Crippen molar-refractivity contribution < 1.29 is 4.79 Å². The van der Waals surface area contributed by atoms with E-state index >= 15 is 0 Å². The standard InChI is InChI=1S/C8H8N2O/c1-6-3-4-9-8(7(6)2)10-5-11/h3-4H,1-2H3. The van der Waals surface area contributed by atoms with Crippen LogP contribution in [0, 0.1) is 13.8 Å². The summed E-state index contributed by atoms with van der Waals surface area (Å²) in [6, 6.07) is 1.87. The van der Waals surface area contributed by atoms with E-state index in [1.54, 1.807) is 6.20 Å². The lowest BCUT2D eigenvalue weighted by atomic mass is 10.2. The van der Waals surface area contributed by atoms with Gasteiger partial charge in [-0.1, -0.05) is 0 Å². The molecule has 0 N–H and O–H groups in total. The van der Waals surface area contributed by atoms with Gasteiger partial charge >= 0.3 is 0 Å². The zero-order valence-electron chi connectivity index (χ0n) is 6.46. The van der Waals surface area contributed by atoms with Gasteiger partial charge in [0.15, 0.2) is 5.82 Å². The van der Waals surface area contributed by atoms with Crippen molar-refractivity contribution >= 4 is 11.9 Å². The second kappa shape index (κ2) is 3.08. The molecule has 0 amide bonds. The Bertz CT molecular complexity index is 314. The number of hydrogen-bond donors (Lipinski definition) is 0. The first-order valence-corrected chi connectivity index (χ1v) is 3.26. The molecule has 0 aliphatic heterocycles. The number of isocyanates is 1. The van der Waals surface area contributed by atoms with Gasteiger partial charge in [0.2, 0.25) is 6.08 Å². The quantitative estimate of drug-likeness (QED) is 0.449. The van der Waals surface area contributed by atoms with Crippen molar-refractivity contribution in [3.8, 4) is 0 Å². The zero-order valence-corrected chi connectivity index (χ0v) is 6.46. The van der Waals surface area contributed by atoms with Gasteiger partial charge in [-0.3, -0.25) is 0 Å². The first-order chi connectivity index (χ1) is 5.25. The zero-order chi connectivity index (χ0) is 8.27. The first kappa shape index (κ1) is 7.63. The van der Waals surface area contributed by atoms with Gasteiger partial charge in [-0.2, -0.15) is 0 Å². The molecule has 3 heteroatoms. The van der Waals surface area contributed by atoms with Crippen molar-refractivity contribution in [2.24, 2.45) is 4.99 Å². The van der Waals surface area contributed by atoms with E-state index in [0.717, 1.165) is 11.1 Å². The molecule has 1 aromatic heterocycles.